The number of carboxylic acid groups (broad SMARTS) is 1. The molecular weight excluding hydrogens is 249 g/mol. The number of rotatable bonds is 4. The van der Waals surface area contributed by atoms with E-state index < -0.39 is 11.8 Å². The number of nitrogens with one attached hydrogen (secondary N) is 1. The molecule has 0 spiro atoms. The lowest BCUT2D eigenvalue weighted by molar-refractivity contribution is 0.0697. The first-order valence-electron chi connectivity index (χ1n) is 5.54. The second-order valence-electron chi connectivity index (χ2n) is 3.86. The molecule has 2 aromatic carbocycles. The number of anilines is 2. The van der Waals surface area contributed by atoms with E-state index in [1.165, 1.54) is 19.2 Å². The van der Waals surface area contributed by atoms with Crippen LogP contribution in [0.15, 0.2) is 42.5 Å². The first-order valence-corrected chi connectivity index (χ1v) is 5.54. The Morgan fingerprint density at radius 1 is 1.26 bits per heavy atom. The number of hydrogen-bond acceptors (Lipinski definition) is 3. The van der Waals surface area contributed by atoms with Gasteiger partial charge in [-0.2, -0.15) is 0 Å². The molecular formula is C14H12FNO3. The predicted molar refractivity (Wildman–Crippen MR) is 69.6 cm³/mol. The van der Waals surface area contributed by atoms with Gasteiger partial charge in [0.2, 0.25) is 0 Å². The third-order valence-electron chi connectivity index (χ3n) is 2.56. The van der Waals surface area contributed by atoms with Crippen molar-refractivity contribution in [1.82, 2.24) is 0 Å². The van der Waals surface area contributed by atoms with Crippen molar-refractivity contribution in [2.75, 3.05) is 12.4 Å². The zero-order valence-electron chi connectivity index (χ0n) is 10.2. The second-order valence-corrected chi connectivity index (χ2v) is 3.86. The van der Waals surface area contributed by atoms with Crippen LogP contribution in [0.3, 0.4) is 0 Å². The van der Waals surface area contributed by atoms with Gasteiger partial charge in [0.05, 0.1) is 18.4 Å². The van der Waals surface area contributed by atoms with Gasteiger partial charge in [-0.1, -0.05) is 6.07 Å². The Balaban J connectivity index is 2.31. The van der Waals surface area contributed by atoms with Crippen molar-refractivity contribution in [3.8, 4) is 5.75 Å². The van der Waals surface area contributed by atoms with Crippen molar-refractivity contribution in [3.05, 3.63) is 53.8 Å². The summed E-state index contributed by atoms with van der Waals surface area (Å²) in [6.45, 7) is 0. The van der Waals surface area contributed by atoms with Gasteiger partial charge in [0, 0.05) is 11.8 Å². The molecule has 4 nitrogen and oxygen atoms in total. The molecule has 19 heavy (non-hydrogen) atoms. The molecule has 0 fully saturated rings. The Bertz CT molecular complexity index is 613. The summed E-state index contributed by atoms with van der Waals surface area (Å²) in [4.78, 5) is 10.8. The standard InChI is InChI=1S/C14H12FNO3/c1-19-11-4-2-3-10(8-11)16-13-7-9(14(17)18)5-6-12(13)15/h2-8,16H,1H3,(H,17,18). The molecule has 0 amide bonds. The predicted octanol–water partition coefficient (Wildman–Crippen LogP) is 3.28. The maximum atomic E-state index is 13.6. The normalized spacial score (nSPS) is 10.0. The molecule has 5 heteroatoms. The lowest BCUT2D eigenvalue weighted by Gasteiger charge is -2.09. The number of hydrogen-bond donors (Lipinski definition) is 2. The van der Waals surface area contributed by atoms with Crippen molar-refractivity contribution in [3.63, 3.8) is 0 Å². The fourth-order valence-electron chi connectivity index (χ4n) is 1.61. The number of methoxy groups -OCH3 is 1. The van der Waals surface area contributed by atoms with Crippen molar-refractivity contribution in [1.29, 1.82) is 0 Å². The van der Waals surface area contributed by atoms with Crippen LogP contribution in [0.5, 0.6) is 5.75 Å². The van der Waals surface area contributed by atoms with Crippen molar-refractivity contribution >= 4 is 17.3 Å². The highest BCUT2D eigenvalue weighted by atomic mass is 19.1. The SMILES string of the molecule is COc1cccc(Nc2cc(C(=O)O)ccc2F)c1. The number of halogens is 1. The summed E-state index contributed by atoms with van der Waals surface area (Å²) in [5.41, 5.74) is 0.737. The Labute approximate surface area is 109 Å². The van der Waals surface area contributed by atoms with Gasteiger partial charge >= 0.3 is 5.97 Å². The minimum absolute atomic E-state index is 0.0202. The molecule has 2 aromatic rings. The van der Waals surface area contributed by atoms with Crippen molar-refractivity contribution in [2.45, 2.75) is 0 Å². The van der Waals surface area contributed by atoms with Crippen LogP contribution in [0.2, 0.25) is 0 Å². The fraction of sp³-hybridized carbons (Fsp3) is 0.0714. The highest BCUT2D eigenvalue weighted by molar-refractivity contribution is 5.89. The molecule has 2 N–H and O–H groups in total. The molecule has 0 bridgehead atoms. The van der Waals surface area contributed by atoms with Crippen molar-refractivity contribution < 1.29 is 19.0 Å². The molecule has 0 saturated heterocycles. The van der Waals surface area contributed by atoms with Gasteiger partial charge in [0.1, 0.15) is 11.6 Å². The largest absolute Gasteiger partial charge is 0.497 e. The molecule has 0 saturated carbocycles. The van der Waals surface area contributed by atoms with Gasteiger partial charge in [-0.05, 0) is 30.3 Å². The van der Waals surface area contributed by atoms with Crippen LogP contribution in [-0.4, -0.2) is 18.2 Å². The van der Waals surface area contributed by atoms with Crippen LogP contribution in [0, 0.1) is 5.82 Å². The number of carboxylic acids is 1. The lowest BCUT2D eigenvalue weighted by atomic mass is 10.2. The van der Waals surface area contributed by atoms with E-state index in [0.29, 0.717) is 11.4 Å². The zero-order valence-corrected chi connectivity index (χ0v) is 10.2. The molecule has 0 unspecified atom stereocenters. The molecule has 2 rings (SSSR count). The highest BCUT2D eigenvalue weighted by Crippen LogP contribution is 2.24. The minimum atomic E-state index is -1.10. The Morgan fingerprint density at radius 2 is 2.05 bits per heavy atom. The van der Waals surface area contributed by atoms with E-state index in [0.717, 1.165) is 6.07 Å². The topological polar surface area (TPSA) is 58.6 Å². The van der Waals surface area contributed by atoms with Gasteiger partial charge in [-0.15, -0.1) is 0 Å². The zero-order chi connectivity index (χ0) is 13.8. The summed E-state index contributed by atoms with van der Waals surface area (Å²) in [5.74, 6) is -0.999. The number of ether oxygens (including phenoxy) is 1. The Kier molecular flexibility index (Phi) is 3.66. The van der Waals surface area contributed by atoms with Gasteiger partial charge < -0.3 is 15.2 Å². The monoisotopic (exact) mass is 261 g/mol. The molecule has 0 radical (unpaired) electrons. The summed E-state index contributed by atoms with van der Waals surface area (Å²) >= 11 is 0. The van der Waals surface area contributed by atoms with Gasteiger partial charge in [-0.3, -0.25) is 0 Å². The number of aromatic carboxylic acids is 1. The highest BCUT2D eigenvalue weighted by Gasteiger charge is 2.08. The first kappa shape index (κ1) is 12.9. The van der Waals surface area contributed by atoms with E-state index in [1.54, 1.807) is 24.3 Å². The summed E-state index contributed by atoms with van der Waals surface area (Å²) in [7, 11) is 1.53. The first-order chi connectivity index (χ1) is 9.10. The molecule has 0 atom stereocenters. The number of carbonyl (C=O) groups is 1. The van der Waals surface area contributed by atoms with Gasteiger partial charge in [0.15, 0.2) is 0 Å². The lowest BCUT2D eigenvalue weighted by Crippen LogP contribution is -2.00. The Hall–Kier alpha value is -2.56. The molecule has 0 heterocycles. The van der Waals surface area contributed by atoms with Crippen LogP contribution in [0.4, 0.5) is 15.8 Å². The number of benzene rings is 2. The maximum Gasteiger partial charge on any atom is 0.335 e. The van der Waals surface area contributed by atoms with Crippen LogP contribution in [-0.2, 0) is 0 Å². The van der Waals surface area contributed by atoms with E-state index in [-0.39, 0.29) is 11.3 Å². The van der Waals surface area contributed by atoms with E-state index in [1.807, 2.05) is 0 Å². The molecule has 0 aliphatic rings. The smallest absolute Gasteiger partial charge is 0.335 e. The summed E-state index contributed by atoms with van der Waals surface area (Å²) in [6.07, 6.45) is 0. The molecule has 0 aromatic heterocycles. The third-order valence-corrected chi connectivity index (χ3v) is 2.56. The molecule has 98 valence electrons. The average Bonchev–Trinajstić information content (AvgIpc) is 2.41. The molecule has 0 aliphatic carbocycles. The van der Waals surface area contributed by atoms with E-state index in [9.17, 15) is 9.18 Å². The van der Waals surface area contributed by atoms with Crippen LogP contribution in [0.1, 0.15) is 10.4 Å². The summed E-state index contributed by atoms with van der Waals surface area (Å²) < 4.78 is 18.7. The quantitative estimate of drug-likeness (QED) is 0.886. The van der Waals surface area contributed by atoms with Crippen LogP contribution >= 0.6 is 0 Å². The van der Waals surface area contributed by atoms with Gasteiger partial charge in [-0.25, -0.2) is 9.18 Å². The minimum Gasteiger partial charge on any atom is -0.497 e. The van der Waals surface area contributed by atoms with E-state index in [2.05, 4.69) is 5.32 Å². The van der Waals surface area contributed by atoms with Crippen LogP contribution in [0.25, 0.3) is 0 Å². The van der Waals surface area contributed by atoms with Crippen molar-refractivity contribution in [2.24, 2.45) is 0 Å². The second kappa shape index (κ2) is 5.39. The summed E-state index contributed by atoms with van der Waals surface area (Å²) in [5, 5.41) is 11.7. The Morgan fingerprint density at radius 3 is 2.74 bits per heavy atom. The fourth-order valence-corrected chi connectivity index (χ4v) is 1.61. The summed E-state index contributed by atoms with van der Waals surface area (Å²) in [6, 6.07) is 10.5. The average molecular weight is 261 g/mol. The molecule has 0 aliphatic heterocycles. The van der Waals surface area contributed by atoms with E-state index in [4.69, 9.17) is 9.84 Å². The third kappa shape index (κ3) is 3.01. The van der Waals surface area contributed by atoms with E-state index >= 15 is 0 Å². The van der Waals surface area contributed by atoms with Crippen LogP contribution < -0.4 is 10.1 Å². The maximum absolute atomic E-state index is 13.6. The van der Waals surface area contributed by atoms with Gasteiger partial charge in [0.25, 0.3) is 0 Å².